The van der Waals surface area contributed by atoms with Crippen molar-refractivity contribution in [3.63, 3.8) is 0 Å². The van der Waals surface area contributed by atoms with Crippen LogP contribution in [0.2, 0.25) is 0 Å². The Balaban J connectivity index is 2.73. The molecule has 6 heteroatoms. The first kappa shape index (κ1) is 10.4. The molecule has 0 aliphatic carbocycles. The standard InChI is InChI=1S/C8H10N2O4/c11-6-7-14-9(10(12)13)8-4-2-1-3-5-8/h1-5,11H,6-7H2. The van der Waals surface area contributed by atoms with Crippen LogP contribution < -0.4 is 5.17 Å². The van der Waals surface area contributed by atoms with Crippen LogP contribution in [-0.2, 0) is 4.84 Å². The van der Waals surface area contributed by atoms with E-state index in [0.717, 1.165) is 0 Å². The summed E-state index contributed by atoms with van der Waals surface area (Å²) in [6.07, 6.45) is 0. The monoisotopic (exact) mass is 198 g/mol. The van der Waals surface area contributed by atoms with Gasteiger partial charge in [0.2, 0.25) is 0 Å². The summed E-state index contributed by atoms with van der Waals surface area (Å²) in [5, 5.41) is 18.8. The topological polar surface area (TPSA) is 75.8 Å². The van der Waals surface area contributed by atoms with Crippen LogP contribution in [0.25, 0.3) is 0 Å². The summed E-state index contributed by atoms with van der Waals surface area (Å²) in [6.45, 7) is -0.382. The fourth-order valence-corrected chi connectivity index (χ4v) is 0.899. The van der Waals surface area contributed by atoms with Gasteiger partial charge in [-0.1, -0.05) is 18.2 Å². The van der Waals surface area contributed by atoms with Crippen LogP contribution in [0.3, 0.4) is 0 Å². The number of hydrogen-bond acceptors (Lipinski definition) is 4. The minimum absolute atomic E-state index is 0.115. The Bertz CT molecular complexity index is 291. The van der Waals surface area contributed by atoms with Gasteiger partial charge in [-0.15, -0.1) is 0 Å². The van der Waals surface area contributed by atoms with Crippen molar-refractivity contribution in [2.75, 3.05) is 18.4 Å². The maximum Gasteiger partial charge on any atom is 0.192 e. The lowest BCUT2D eigenvalue weighted by Gasteiger charge is -2.11. The molecule has 1 N–H and O–H groups in total. The average molecular weight is 198 g/mol. The molecule has 1 aromatic carbocycles. The maximum atomic E-state index is 10.5. The van der Waals surface area contributed by atoms with Crippen molar-refractivity contribution in [2.45, 2.75) is 0 Å². The van der Waals surface area contributed by atoms with Gasteiger partial charge in [0.1, 0.15) is 12.3 Å². The summed E-state index contributed by atoms with van der Waals surface area (Å²) < 4.78 is 0. The van der Waals surface area contributed by atoms with Crippen LogP contribution in [-0.4, -0.2) is 23.4 Å². The third kappa shape index (κ3) is 2.68. The van der Waals surface area contributed by atoms with Crippen molar-refractivity contribution in [2.24, 2.45) is 0 Å². The van der Waals surface area contributed by atoms with Crippen molar-refractivity contribution in [3.05, 3.63) is 40.4 Å². The first-order valence-electron chi connectivity index (χ1n) is 3.99. The van der Waals surface area contributed by atoms with Gasteiger partial charge in [0.05, 0.1) is 6.61 Å². The molecule has 0 unspecified atom stereocenters. The number of aliphatic hydroxyl groups is 1. The van der Waals surface area contributed by atoms with Crippen LogP contribution in [0.15, 0.2) is 30.3 Å². The number of benzene rings is 1. The first-order valence-corrected chi connectivity index (χ1v) is 3.99. The molecular weight excluding hydrogens is 188 g/mol. The molecule has 0 atom stereocenters. The average Bonchev–Trinajstić information content (AvgIpc) is 2.19. The van der Waals surface area contributed by atoms with Gasteiger partial charge in [-0.05, 0) is 12.1 Å². The molecule has 0 bridgehead atoms. The second kappa shape index (κ2) is 5.15. The SMILES string of the molecule is O=[N+]([O-])N(OCCO)c1ccccc1. The zero-order valence-electron chi connectivity index (χ0n) is 7.37. The van der Waals surface area contributed by atoms with E-state index in [-0.39, 0.29) is 13.2 Å². The molecule has 0 amide bonds. The normalized spacial score (nSPS) is 9.79. The van der Waals surface area contributed by atoms with E-state index in [1.807, 2.05) is 0 Å². The van der Waals surface area contributed by atoms with Crippen molar-refractivity contribution in [1.29, 1.82) is 0 Å². The Morgan fingerprint density at radius 2 is 2.07 bits per heavy atom. The third-order valence-electron chi connectivity index (χ3n) is 1.43. The van der Waals surface area contributed by atoms with E-state index in [4.69, 9.17) is 9.94 Å². The van der Waals surface area contributed by atoms with E-state index < -0.39 is 5.03 Å². The largest absolute Gasteiger partial charge is 0.394 e. The van der Waals surface area contributed by atoms with Gasteiger partial charge in [-0.25, -0.2) is 15.0 Å². The van der Waals surface area contributed by atoms with Crippen molar-refractivity contribution < 1.29 is 15.0 Å². The number of para-hydroxylation sites is 1. The van der Waals surface area contributed by atoms with E-state index >= 15 is 0 Å². The summed E-state index contributed by atoms with van der Waals surface area (Å²) in [7, 11) is 0. The minimum Gasteiger partial charge on any atom is -0.394 e. The molecule has 6 nitrogen and oxygen atoms in total. The van der Waals surface area contributed by atoms with E-state index in [2.05, 4.69) is 0 Å². The summed E-state index contributed by atoms with van der Waals surface area (Å²) >= 11 is 0. The molecule has 0 radical (unpaired) electrons. The highest BCUT2D eigenvalue weighted by molar-refractivity contribution is 5.40. The smallest absolute Gasteiger partial charge is 0.192 e. The van der Waals surface area contributed by atoms with Gasteiger partial charge in [0, 0.05) is 5.17 Å². The highest BCUT2D eigenvalue weighted by atomic mass is 16.8. The lowest BCUT2D eigenvalue weighted by molar-refractivity contribution is -0.547. The van der Waals surface area contributed by atoms with Crippen LogP contribution >= 0.6 is 0 Å². The third-order valence-corrected chi connectivity index (χ3v) is 1.43. The number of rotatable bonds is 5. The number of hydrazine groups is 1. The van der Waals surface area contributed by atoms with Gasteiger partial charge in [-0.3, -0.25) is 0 Å². The van der Waals surface area contributed by atoms with E-state index in [1.165, 1.54) is 0 Å². The molecule has 0 aromatic heterocycles. The Morgan fingerprint density at radius 1 is 1.43 bits per heavy atom. The molecular formula is C8H10N2O4. The number of hydrogen-bond donors (Lipinski definition) is 1. The summed E-state index contributed by atoms with van der Waals surface area (Å²) in [5.74, 6) is 0. The molecule has 0 saturated carbocycles. The highest BCUT2D eigenvalue weighted by Crippen LogP contribution is 2.12. The number of aliphatic hydroxyl groups excluding tert-OH is 1. The summed E-state index contributed by atoms with van der Waals surface area (Å²) in [5.41, 5.74) is 0.311. The molecule has 1 rings (SSSR count). The van der Waals surface area contributed by atoms with Crippen LogP contribution in [0.1, 0.15) is 0 Å². The molecule has 0 spiro atoms. The molecule has 14 heavy (non-hydrogen) atoms. The van der Waals surface area contributed by atoms with Gasteiger partial charge < -0.3 is 5.11 Å². The van der Waals surface area contributed by atoms with Crippen LogP contribution in [0.5, 0.6) is 0 Å². The predicted molar refractivity (Wildman–Crippen MR) is 49.0 cm³/mol. The van der Waals surface area contributed by atoms with Crippen molar-refractivity contribution in [3.8, 4) is 0 Å². The molecule has 0 saturated heterocycles. The molecule has 0 aliphatic heterocycles. The van der Waals surface area contributed by atoms with E-state index in [9.17, 15) is 10.1 Å². The summed E-state index contributed by atoms with van der Waals surface area (Å²) in [4.78, 5) is 15.3. The second-order valence-electron chi connectivity index (χ2n) is 2.40. The lowest BCUT2D eigenvalue weighted by Crippen LogP contribution is -2.31. The lowest BCUT2D eigenvalue weighted by atomic mass is 10.3. The zero-order chi connectivity index (χ0) is 10.4. The number of anilines is 1. The quantitative estimate of drug-likeness (QED) is 0.554. The maximum absolute atomic E-state index is 10.5. The molecule has 76 valence electrons. The van der Waals surface area contributed by atoms with Gasteiger partial charge >= 0.3 is 0 Å². The fourth-order valence-electron chi connectivity index (χ4n) is 0.899. The minimum atomic E-state index is -0.689. The Hall–Kier alpha value is -1.66. The Kier molecular flexibility index (Phi) is 3.84. The molecule has 0 heterocycles. The Labute approximate surface area is 80.4 Å². The van der Waals surface area contributed by atoms with E-state index in [0.29, 0.717) is 10.9 Å². The Morgan fingerprint density at radius 3 is 2.57 bits per heavy atom. The zero-order valence-corrected chi connectivity index (χ0v) is 7.37. The number of nitrogens with zero attached hydrogens (tertiary/aromatic N) is 2. The summed E-state index contributed by atoms with van der Waals surface area (Å²) in [6, 6.07) is 8.15. The molecule has 1 aromatic rings. The second-order valence-corrected chi connectivity index (χ2v) is 2.40. The van der Waals surface area contributed by atoms with Crippen LogP contribution in [0.4, 0.5) is 5.69 Å². The van der Waals surface area contributed by atoms with Gasteiger partial charge in [-0.2, -0.15) is 0 Å². The molecule has 0 fully saturated rings. The fraction of sp³-hybridized carbons (Fsp3) is 0.250. The number of nitro groups is 1. The van der Waals surface area contributed by atoms with E-state index in [1.54, 1.807) is 30.3 Å². The van der Waals surface area contributed by atoms with Gasteiger partial charge in [0.15, 0.2) is 5.03 Å². The molecule has 0 aliphatic rings. The highest BCUT2D eigenvalue weighted by Gasteiger charge is 2.17. The first-order chi connectivity index (χ1) is 6.75. The van der Waals surface area contributed by atoms with Gasteiger partial charge in [0.25, 0.3) is 0 Å². The van der Waals surface area contributed by atoms with Crippen molar-refractivity contribution in [1.82, 2.24) is 0 Å². The van der Waals surface area contributed by atoms with Crippen molar-refractivity contribution >= 4 is 5.69 Å². The van der Waals surface area contributed by atoms with Crippen LogP contribution in [0, 0.1) is 10.1 Å². The predicted octanol–water partition coefficient (Wildman–Crippen LogP) is 0.609.